The van der Waals surface area contributed by atoms with E-state index in [4.69, 9.17) is 4.74 Å². The highest BCUT2D eigenvalue weighted by molar-refractivity contribution is 5.93. The highest BCUT2D eigenvalue weighted by Crippen LogP contribution is 2.13. The van der Waals surface area contributed by atoms with Crippen molar-refractivity contribution in [1.82, 2.24) is 9.80 Å². The molecule has 2 N–H and O–H groups in total. The van der Waals surface area contributed by atoms with Crippen LogP contribution in [0.15, 0.2) is 24.3 Å². The Morgan fingerprint density at radius 1 is 1.04 bits per heavy atom. The van der Waals surface area contributed by atoms with E-state index in [1.54, 1.807) is 34.1 Å². The molecule has 1 saturated heterocycles. The average Bonchev–Trinajstić information content (AvgIpc) is 2.63. The number of anilines is 2. The van der Waals surface area contributed by atoms with E-state index >= 15 is 0 Å². The fraction of sp³-hybridized carbons (Fsp3) is 0.500. The molecule has 0 bridgehead atoms. The summed E-state index contributed by atoms with van der Waals surface area (Å²) < 4.78 is 5.25. The predicted molar refractivity (Wildman–Crippen MR) is 98.9 cm³/mol. The summed E-state index contributed by atoms with van der Waals surface area (Å²) in [4.78, 5) is 39.1. The Labute approximate surface area is 153 Å². The summed E-state index contributed by atoms with van der Waals surface area (Å²) in [7, 11) is 0. The van der Waals surface area contributed by atoms with Crippen molar-refractivity contribution in [3.63, 3.8) is 0 Å². The number of carbonyl (C=O) groups excluding carboxylic acids is 3. The van der Waals surface area contributed by atoms with Crippen LogP contribution >= 0.6 is 0 Å². The maximum absolute atomic E-state index is 12.3. The fourth-order valence-electron chi connectivity index (χ4n) is 2.63. The SMILES string of the molecule is CCN(CC(=O)Nc1ccc(NC(C)=O)cc1)CC(=O)N1CCOCC1. The monoisotopic (exact) mass is 362 g/mol. The highest BCUT2D eigenvalue weighted by Gasteiger charge is 2.20. The molecule has 1 aliphatic rings. The smallest absolute Gasteiger partial charge is 0.238 e. The number of hydrogen-bond donors (Lipinski definition) is 2. The summed E-state index contributed by atoms with van der Waals surface area (Å²) in [6, 6.07) is 6.88. The molecule has 1 fully saturated rings. The van der Waals surface area contributed by atoms with Crippen LogP contribution < -0.4 is 10.6 Å². The molecule has 1 aromatic rings. The third kappa shape index (κ3) is 6.45. The maximum atomic E-state index is 12.3. The topological polar surface area (TPSA) is 91.0 Å². The van der Waals surface area contributed by atoms with E-state index in [2.05, 4.69) is 10.6 Å². The zero-order chi connectivity index (χ0) is 18.9. The van der Waals surface area contributed by atoms with Gasteiger partial charge in [0, 0.05) is 31.4 Å². The predicted octanol–water partition coefficient (Wildman–Crippen LogP) is 0.764. The number of hydrogen-bond acceptors (Lipinski definition) is 5. The summed E-state index contributed by atoms with van der Waals surface area (Å²) in [5.74, 6) is -0.318. The number of ether oxygens (including phenoxy) is 1. The Bertz CT molecular complexity index is 627. The van der Waals surface area contributed by atoms with Gasteiger partial charge in [-0.1, -0.05) is 6.92 Å². The molecule has 0 atom stereocenters. The van der Waals surface area contributed by atoms with Crippen molar-refractivity contribution < 1.29 is 19.1 Å². The molecule has 0 radical (unpaired) electrons. The van der Waals surface area contributed by atoms with Gasteiger partial charge in [0.25, 0.3) is 0 Å². The van der Waals surface area contributed by atoms with Crippen LogP contribution in [0.5, 0.6) is 0 Å². The lowest BCUT2D eigenvalue weighted by Crippen LogP contribution is -2.47. The van der Waals surface area contributed by atoms with Crippen LogP contribution in [0.4, 0.5) is 11.4 Å². The molecule has 26 heavy (non-hydrogen) atoms. The number of morpholine rings is 1. The molecule has 0 spiro atoms. The van der Waals surface area contributed by atoms with Crippen LogP contribution in [-0.2, 0) is 19.1 Å². The summed E-state index contributed by atoms with van der Waals surface area (Å²) >= 11 is 0. The van der Waals surface area contributed by atoms with Gasteiger partial charge >= 0.3 is 0 Å². The standard InChI is InChI=1S/C18H26N4O4/c1-3-21(13-18(25)22-8-10-26-11-9-22)12-17(24)20-16-6-4-15(5-7-16)19-14(2)23/h4-7H,3,8-13H2,1-2H3,(H,19,23)(H,20,24). The van der Waals surface area contributed by atoms with Crippen molar-refractivity contribution in [3.8, 4) is 0 Å². The van der Waals surface area contributed by atoms with Gasteiger partial charge in [-0.2, -0.15) is 0 Å². The Morgan fingerprint density at radius 2 is 1.62 bits per heavy atom. The lowest BCUT2D eigenvalue weighted by molar-refractivity contribution is -0.136. The molecule has 0 saturated carbocycles. The van der Waals surface area contributed by atoms with Gasteiger partial charge < -0.3 is 20.3 Å². The van der Waals surface area contributed by atoms with E-state index in [1.807, 2.05) is 6.92 Å². The normalized spacial score (nSPS) is 14.2. The molecule has 1 aliphatic heterocycles. The lowest BCUT2D eigenvalue weighted by Gasteiger charge is -2.29. The van der Waals surface area contributed by atoms with Crippen LogP contribution in [0, 0.1) is 0 Å². The number of nitrogens with one attached hydrogen (secondary N) is 2. The van der Waals surface area contributed by atoms with Gasteiger partial charge in [0.15, 0.2) is 0 Å². The first-order valence-corrected chi connectivity index (χ1v) is 8.73. The molecular weight excluding hydrogens is 336 g/mol. The zero-order valence-electron chi connectivity index (χ0n) is 15.3. The van der Waals surface area contributed by atoms with Gasteiger partial charge in [-0.05, 0) is 30.8 Å². The second kappa shape index (κ2) is 9.88. The fourth-order valence-corrected chi connectivity index (χ4v) is 2.63. The van der Waals surface area contributed by atoms with Gasteiger partial charge in [0.05, 0.1) is 26.3 Å². The molecule has 8 nitrogen and oxygen atoms in total. The van der Waals surface area contributed by atoms with Crippen molar-refractivity contribution in [2.24, 2.45) is 0 Å². The summed E-state index contributed by atoms with van der Waals surface area (Å²) in [5.41, 5.74) is 1.31. The summed E-state index contributed by atoms with van der Waals surface area (Å²) in [5, 5.41) is 5.47. The first kappa shape index (κ1) is 19.9. The Balaban J connectivity index is 1.82. The number of amides is 3. The van der Waals surface area contributed by atoms with Crippen LogP contribution in [-0.4, -0.2) is 73.5 Å². The number of rotatable bonds is 7. The van der Waals surface area contributed by atoms with E-state index in [0.29, 0.717) is 44.2 Å². The van der Waals surface area contributed by atoms with Crippen LogP contribution in [0.2, 0.25) is 0 Å². The minimum Gasteiger partial charge on any atom is -0.378 e. The highest BCUT2D eigenvalue weighted by atomic mass is 16.5. The van der Waals surface area contributed by atoms with Gasteiger partial charge in [0.1, 0.15) is 0 Å². The van der Waals surface area contributed by atoms with Crippen LogP contribution in [0.1, 0.15) is 13.8 Å². The summed E-state index contributed by atoms with van der Waals surface area (Å²) in [6.45, 7) is 6.64. The Kier molecular flexibility index (Phi) is 7.55. The zero-order valence-corrected chi connectivity index (χ0v) is 15.3. The van der Waals surface area contributed by atoms with E-state index in [0.717, 1.165) is 0 Å². The van der Waals surface area contributed by atoms with Crippen molar-refractivity contribution >= 4 is 29.1 Å². The molecule has 0 aliphatic carbocycles. The van der Waals surface area contributed by atoms with E-state index < -0.39 is 0 Å². The minimum absolute atomic E-state index is 0.0163. The van der Waals surface area contributed by atoms with Crippen molar-refractivity contribution in [3.05, 3.63) is 24.3 Å². The van der Waals surface area contributed by atoms with E-state index in [1.165, 1.54) is 6.92 Å². The molecular formula is C18H26N4O4. The van der Waals surface area contributed by atoms with Gasteiger partial charge in [-0.25, -0.2) is 0 Å². The second-order valence-electron chi connectivity index (χ2n) is 6.10. The molecule has 0 unspecified atom stereocenters. The Morgan fingerprint density at radius 3 is 2.15 bits per heavy atom. The van der Waals surface area contributed by atoms with Gasteiger partial charge in [-0.15, -0.1) is 0 Å². The molecule has 1 heterocycles. The van der Waals surface area contributed by atoms with Crippen molar-refractivity contribution in [1.29, 1.82) is 0 Å². The average molecular weight is 362 g/mol. The van der Waals surface area contributed by atoms with Gasteiger partial charge in [-0.3, -0.25) is 19.3 Å². The first-order valence-electron chi connectivity index (χ1n) is 8.73. The maximum Gasteiger partial charge on any atom is 0.238 e. The third-order valence-corrected chi connectivity index (χ3v) is 4.03. The largest absolute Gasteiger partial charge is 0.378 e. The lowest BCUT2D eigenvalue weighted by atomic mass is 10.2. The second-order valence-corrected chi connectivity index (χ2v) is 6.10. The molecule has 1 aromatic carbocycles. The minimum atomic E-state index is -0.186. The molecule has 2 rings (SSSR count). The van der Waals surface area contributed by atoms with Crippen molar-refractivity contribution in [2.45, 2.75) is 13.8 Å². The quantitative estimate of drug-likeness (QED) is 0.747. The first-order chi connectivity index (χ1) is 12.5. The number of benzene rings is 1. The van der Waals surface area contributed by atoms with Gasteiger partial charge in [0.2, 0.25) is 17.7 Å². The molecule has 8 heteroatoms. The number of nitrogens with zero attached hydrogens (tertiary/aromatic N) is 2. The summed E-state index contributed by atoms with van der Waals surface area (Å²) in [6.07, 6.45) is 0. The third-order valence-electron chi connectivity index (χ3n) is 4.03. The molecule has 0 aromatic heterocycles. The number of carbonyl (C=O) groups is 3. The van der Waals surface area contributed by atoms with Crippen LogP contribution in [0.3, 0.4) is 0 Å². The van der Waals surface area contributed by atoms with Crippen molar-refractivity contribution in [2.75, 3.05) is 56.6 Å². The molecule has 3 amide bonds. The van der Waals surface area contributed by atoms with Crippen LogP contribution in [0.25, 0.3) is 0 Å². The molecule has 142 valence electrons. The number of likely N-dealkylation sites (N-methyl/N-ethyl adjacent to an activating group) is 1. The van der Waals surface area contributed by atoms with E-state index in [9.17, 15) is 14.4 Å². The van der Waals surface area contributed by atoms with E-state index in [-0.39, 0.29) is 30.8 Å². The Hall–Kier alpha value is -2.45.